The van der Waals surface area contributed by atoms with Crippen molar-refractivity contribution >= 4 is 29.0 Å². The summed E-state index contributed by atoms with van der Waals surface area (Å²) in [5.74, 6) is -0.134. The van der Waals surface area contributed by atoms with Crippen LogP contribution in [0, 0.1) is 13.8 Å². The molecule has 3 amide bonds. The van der Waals surface area contributed by atoms with Crippen LogP contribution in [0.2, 0.25) is 0 Å². The summed E-state index contributed by atoms with van der Waals surface area (Å²) in [5, 5.41) is 12.7. The number of aromatic nitrogens is 2. The molecular formula is C21H23N5O2. The summed E-state index contributed by atoms with van der Waals surface area (Å²) in [7, 11) is 1.86. The number of benzene rings is 2. The monoisotopic (exact) mass is 377 g/mol. The summed E-state index contributed by atoms with van der Waals surface area (Å²) in [5.41, 5.74) is 4.65. The first-order valence-electron chi connectivity index (χ1n) is 8.94. The van der Waals surface area contributed by atoms with Crippen LogP contribution in [-0.2, 0) is 18.3 Å². The van der Waals surface area contributed by atoms with E-state index < -0.39 is 0 Å². The van der Waals surface area contributed by atoms with E-state index in [0.717, 1.165) is 17.0 Å². The van der Waals surface area contributed by atoms with Crippen LogP contribution in [0.5, 0.6) is 0 Å². The minimum absolute atomic E-state index is 0.134. The topological polar surface area (TPSA) is 88.1 Å². The van der Waals surface area contributed by atoms with Crippen LogP contribution in [0.15, 0.2) is 54.6 Å². The molecule has 144 valence electrons. The predicted octanol–water partition coefficient (Wildman–Crippen LogP) is 3.86. The molecule has 3 N–H and O–H groups in total. The van der Waals surface area contributed by atoms with Crippen molar-refractivity contribution < 1.29 is 9.59 Å². The summed E-state index contributed by atoms with van der Waals surface area (Å²) < 4.78 is 1.77. The molecule has 1 heterocycles. The molecule has 0 radical (unpaired) electrons. The zero-order valence-electron chi connectivity index (χ0n) is 16.1. The van der Waals surface area contributed by atoms with Gasteiger partial charge in [0.2, 0.25) is 5.91 Å². The number of hydrogen-bond acceptors (Lipinski definition) is 3. The molecule has 0 saturated heterocycles. The Bertz CT molecular complexity index is 995. The van der Waals surface area contributed by atoms with Crippen molar-refractivity contribution in [2.75, 3.05) is 16.0 Å². The summed E-state index contributed by atoms with van der Waals surface area (Å²) in [6.07, 6.45) is 0.248. The average molecular weight is 377 g/mol. The maximum absolute atomic E-state index is 12.4. The summed E-state index contributed by atoms with van der Waals surface area (Å²) in [6, 6.07) is 15.9. The number of nitrogens with zero attached hydrogens (tertiary/aromatic N) is 2. The lowest BCUT2D eigenvalue weighted by atomic mass is 10.1. The predicted molar refractivity (Wildman–Crippen MR) is 111 cm³/mol. The van der Waals surface area contributed by atoms with Gasteiger partial charge in [-0.3, -0.25) is 9.48 Å². The maximum Gasteiger partial charge on any atom is 0.323 e. The largest absolute Gasteiger partial charge is 0.326 e. The van der Waals surface area contributed by atoms with Crippen molar-refractivity contribution in [2.24, 2.45) is 7.05 Å². The van der Waals surface area contributed by atoms with Crippen LogP contribution in [0.25, 0.3) is 0 Å². The van der Waals surface area contributed by atoms with Crippen LogP contribution in [0.3, 0.4) is 0 Å². The van der Waals surface area contributed by atoms with Crippen LogP contribution in [0.4, 0.5) is 21.9 Å². The highest BCUT2D eigenvalue weighted by atomic mass is 16.2. The average Bonchev–Trinajstić information content (AvgIpc) is 2.89. The van der Waals surface area contributed by atoms with Gasteiger partial charge in [0, 0.05) is 35.4 Å². The highest BCUT2D eigenvalue weighted by Crippen LogP contribution is 2.18. The van der Waals surface area contributed by atoms with E-state index in [1.54, 1.807) is 41.1 Å². The minimum atomic E-state index is -0.351. The first kappa shape index (κ1) is 19.2. The number of carbonyl (C=O) groups is 2. The lowest BCUT2D eigenvalue weighted by Gasteiger charge is -2.10. The number of amides is 3. The van der Waals surface area contributed by atoms with Gasteiger partial charge in [-0.25, -0.2) is 4.79 Å². The number of carbonyl (C=O) groups excluding carboxylic acids is 2. The van der Waals surface area contributed by atoms with Crippen LogP contribution in [0.1, 0.15) is 17.0 Å². The number of rotatable bonds is 5. The van der Waals surface area contributed by atoms with E-state index in [0.29, 0.717) is 17.1 Å². The molecule has 0 saturated carbocycles. The van der Waals surface area contributed by atoms with E-state index in [1.807, 2.05) is 39.1 Å². The zero-order chi connectivity index (χ0) is 20.1. The SMILES string of the molecule is Cc1nn(C)c(C)c1CC(=O)Nc1cccc(NC(=O)Nc2ccccc2)c1. The second kappa shape index (κ2) is 8.39. The number of para-hydroxylation sites is 1. The van der Waals surface area contributed by atoms with E-state index >= 15 is 0 Å². The Morgan fingerprint density at radius 2 is 1.50 bits per heavy atom. The smallest absolute Gasteiger partial charge is 0.323 e. The van der Waals surface area contributed by atoms with E-state index in [1.165, 1.54) is 0 Å². The first-order valence-corrected chi connectivity index (χ1v) is 8.94. The van der Waals surface area contributed by atoms with E-state index in [4.69, 9.17) is 0 Å². The molecule has 0 spiro atoms. The van der Waals surface area contributed by atoms with Crippen molar-refractivity contribution in [3.63, 3.8) is 0 Å². The summed E-state index contributed by atoms with van der Waals surface area (Å²) >= 11 is 0. The number of anilines is 3. The molecule has 0 atom stereocenters. The van der Waals surface area contributed by atoms with Crippen molar-refractivity contribution in [3.8, 4) is 0 Å². The van der Waals surface area contributed by atoms with Gasteiger partial charge in [-0.05, 0) is 44.2 Å². The van der Waals surface area contributed by atoms with Gasteiger partial charge in [0.25, 0.3) is 0 Å². The number of nitrogens with one attached hydrogen (secondary N) is 3. The molecule has 28 heavy (non-hydrogen) atoms. The normalized spacial score (nSPS) is 10.4. The van der Waals surface area contributed by atoms with Crippen LogP contribution in [-0.4, -0.2) is 21.7 Å². The molecule has 3 aromatic rings. The fourth-order valence-electron chi connectivity index (χ4n) is 2.93. The Labute approximate surface area is 163 Å². The van der Waals surface area contributed by atoms with Gasteiger partial charge in [-0.1, -0.05) is 24.3 Å². The van der Waals surface area contributed by atoms with Crippen LogP contribution < -0.4 is 16.0 Å². The number of urea groups is 1. The standard InChI is InChI=1S/C21H23N5O2/c1-14-19(15(2)26(3)25-14)13-20(27)22-17-10-7-11-18(12-17)24-21(28)23-16-8-5-4-6-9-16/h4-12H,13H2,1-3H3,(H,22,27)(H2,23,24,28). The molecule has 0 aliphatic carbocycles. The maximum atomic E-state index is 12.4. The lowest BCUT2D eigenvalue weighted by molar-refractivity contribution is -0.115. The van der Waals surface area contributed by atoms with Gasteiger partial charge in [0.05, 0.1) is 12.1 Å². The Morgan fingerprint density at radius 1 is 0.893 bits per heavy atom. The molecule has 3 rings (SSSR count). The van der Waals surface area contributed by atoms with Crippen LogP contribution >= 0.6 is 0 Å². The molecule has 1 aromatic heterocycles. The van der Waals surface area contributed by atoms with Crippen molar-refractivity contribution in [1.82, 2.24) is 9.78 Å². The fraction of sp³-hybridized carbons (Fsp3) is 0.190. The molecule has 0 aliphatic heterocycles. The molecule has 7 nitrogen and oxygen atoms in total. The van der Waals surface area contributed by atoms with Crippen molar-refractivity contribution in [1.29, 1.82) is 0 Å². The Morgan fingerprint density at radius 3 is 2.14 bits per heavy atom. The third-order valence-corrected chi connectivity index (χ3v) is 4.43. The van der Waals surface area contributed by atoms with E-state index in [9.17, 15) is 9.59 Å². The summed E-state index contributed by atoms with van der Waals surface area (Å²) in [6.45, 7) is 3.84. The van der Waals surface area contributed by atoms with Crippen molar-refractivity contribution in [2.45, 2.75) is 20.3 Å². The molecular weight excluding hydrogens is 354 g/mol. The van der Waals surface area contributed by atoms with Gasteiger partial charge >= 0.3 is 6.03 Å². The Hall–Kier alpha value is -3.61. The second-order valence-corrected chi connectivity index (χ2v) is 6.52. The Kier molecular flexibility index (Phi) is 5.74. The molecule has 7 heteroatoms. The second-order valence-electron chi connectivity index (χ2n) is 6.52. The third-order valence-electron chi connectivity index (χ3n) is 4.43. The summed E-state index contributed by atoms with van der Waals surface area (Å²) in [4.78, 5) is 24.5. The molecule has 0 aliphatic rings. The van der Waals surface area contributed by atoms with Gasteiger partial charge < -0.3 is 16.0 Å². The minimum Gasteiger partial charge on any atom is -0.326 e. The molecule has 2 aromatic carbocycles. The highest BCUT2D eigenvalue weighted by Gasteiger charge is 2.14. The molecule has 0 bridgehead atoms. The Balaban J connectivity index is 1.61. The van der Waals surface area contributed by atoms with Crippen molar-refractivity contribution in [3.05, 3.63) is 71.5 Å². The van der Waals surface area contributed by atoms with E-state index in [-0.39, 0.29) is 18.4 Å². The quantitative estimate of drug-likeness (QED) is 0.631. The van der Waals surface area contributed by atoms with E-state index in [2.05, 4.69) is 21.0 Å². The lowest BCUT2D eigenvalue weighted by Crippen LogP contribution is -2.19. The zero-order valence-corrected chi connectivity index (χ0v) is 16.1. The number of hydrogen-bond donors (Lipinski definition) is 3. The molecule has 0 fully saturated rings. The fourth-order valence-corrected chi connectivity index (χ4v) is 2.93. The molecule has 0 unspecified atom stereocenters. The van der Waals surface area contributed by atoms with Gasteiger partial charge in [0.15, 0.2) is 0 Å². The third kappa shape index (κ3) is 4.76. The number of aryl methyl sites for hydroxylation is 2. The van der Waals surface area contributed by atoms with Gasteiger partial charge in [-0.15, -0.1) is 0 Å². The highest BCUT2D eigenvalue weighted by molar-refractivity contribution is 6.00. The van der Waals surface area contributed by atoms with Gasteiger partial charge in [-0.2, -0.15) is 5.10 Å². The van der Waals surface area contributed by atoms with Gasteiger partial charge in [0.1, 0.15) is 0 Å². The first-order chi connectivity index (χ1) is 13.4.